The maximum Gasteiger partial charge on any atom is 0.0701 e. The Labute approximate surface area is 163 Å². The highest BCUT2D eigenvalue weighted by molar-refractivity contribution is 7.80. The molecule has 0 rings (SSSR count). The standard InChI is InChI=1S/C17H36O8S/c1-18-2-3-19-4-5-20-6-7-21-8-9-22-10-11-23-12-13-24-14-15-25-16-17-26/h26H,2-17H2,1H3. The Kier molecular flexibility index (Phi) is 25.1. The molecule has 0 aliphatic heterocycles. The van der Waals surface area contributed by atoms with Crippen LogP contribution >= 0.6 is 12.6 Å². The summed E-state index contributed by atoms with van der Waals surface area (Å²) >= 11 is 4.05. The van der Waals surface area contributed by atoms with Crippen LogP contribution in [0.1, 0.15) is 0 Å². The molecular weight excluding hydrogens is 364 g/mol. The summed E-state index contributed by atoms with van der Waals surface area (Å²) in [4.78, 5) is 0. The molecule has 0 heterocycles. The minimum Gasteiger partial charge on any atom is -0.382 e. The highest BCUT2D eigenvalue weighted by Crippen LogP contribution is 1.85. The molecule has 0 spiro atoms. The summed E-state index contributed by atoms with van der Waals surface area (Å²) in [5.41, 5.74) is 0. The van der Waals surface area contributed by atoms with Gasteiger partial charge in [-0.25, -0.2) is 0 Å². The molecule has 0 atom stereocenters. The van der Waals surface area contributed by atoms with Gasteiger partial charge in [0.25, 0.3) is 0 Å². The van der Waals surface area contributed by atoms with Gasteiger partial charge in [-0.3, -0.25) is 0 Å². The number of thiol groups is 1. The van der Waals surface area contributed by atoms with Crippen molar-refractivity contribution >= 4 is 12.6 Å². The molecule has 158 valence electrons. The first-order valence-corrected chi connectivity index (χ1v) is 9.69. The van der Waals surface area contributed by atoms with Crippen molar-refractivity contribution in [2.45, 2.75) is 0 Å². The zero-order chi connectivity index (χ0) is 19.0. The van der Waals surface area contributed by atoms with E-state index in [4.69, 9.17) is 37.9 Å². The summed E-state index contributed by atoms with van der Waals surface area (Å²) in [7, 11) is 1.65. The average molecular weight is 401 g/mol. The third kappa shape index (κ3) is 24.0. The van der Waals surface area contributed by atoms with E-state index in [-0.39, 0.29) is 0 Å². The van der Waals surface area contributed by atoms with E-state index in [9.17, 15) is 0 Å². The van der Waals surface area contributed by atoms with Crippen molar-refractivity contribution in [1.29, 1.82) is 0 Å². The van der Waals surface area contributed by atoms with Crippen LogP contribution in [-0.4, -0.2) is 112 Å². The Morgan fingerprint density at radius 3 is 0.846 bits per heavy atom. The molecule has 26 heavy (non-hydrogen) atoms. The predicted octanol–water partition coefficient (Wildman–Crippen LogP) is 0.679. The average Bonchev–Trinajstić information content (AvgIpc) is 2.66. The molecule has 0 aromatic carbocycles. The molecule has 0 bridgehead atoms. The SMILES string of the molecule is COCCOCCOCCOCCOCCOCCOCCOCCS. The monoisotopic (exact) mass is 400 g/mol. The van der Waals surface area contributed by atoms with E-state index in [1.165, 1.54) is 0 Å². The van der Waals surface area contributed by atoms with Crippen LogP contribution in [-0.2, 0) is 37.9 Å². The fraction of sp³-hybridized carbons (Fsp3) is 1.00. The molecule has 0 saturated heterocycles. The van der Waals surface area contributed by atoms with E-state index in [1.54, 1.807) is 7.11 Å². The second kappa shape index (κ2) is 25.0. The quantitative estimate of drug-likeness (QED) is 0.198. The highest BCUT2D eigenvalue weighted by atomic mass is 32.1. The van der Waals surface area contributed by atoms with Crippen LogP contribution in [0.15, 0.2) is 0 Å². The summed E-state index contributed by atoms with van der Waals surface area (Å²) in [6.45, 7) is 8.56. The fourth-order valence-electron chi connectivity index (χ4n) is 1.63. The first-order valence-electron chi connectivity index (χ1n) is 9.05. The molecule has 0 fully saturated rings. The van der Waals surface area contributed by atoms with Crippen molar-refractivity contribution in [3.8, 4) is 0 Å². The van der Waals surface area contributed by atoms with Gasteiger partial charge in [0.05, 0.1) is 99.1 Å². The van der Waals surface area contributed by atoms with Crippen LogP contribution in [0, 0.1) is 0 Å². The Morgan fingerprint density at radius 1 is 0.385 bits per heavy atom. The Bertz CT molecular complexity index is 225. The smallest absolute Gasteiger partial charge is 0.0701 e. The lowest BCUT2D eigenvalue weighted by Gasteiger charge is -2.08. The lowest BCUT2D eigenvalue weighted by atomic mass is 10.6. The molecule has 0 aromatic rings. The predicted molar refractivity (Wildman–Crippen MR) is 101 cm³/mol. The summed E-state index contributed by atoms with van der Waals surface area (Å²) < 4.78 is 42.2. The third-order valence-corrected chi connectivity index (χ3v) is 3.08. The van der Waals surface area contributed by atoms with Gasteiger partial charge in [-0.2, -0.15) is 12.6 Å². The Hall–Kier alpha value is 0.0300. The third-order valence-electron chi connectivity index (χ3n) is 2.90. The van der Waals surface area contributed by atoms with Crippen LogP contribution in [0.2, 0.25) is 0 Å². The zero-order valence-corrected chi connectivity index (χ0v) is 16.9. The van der Waals surface area contributed by atoms with Crippen molar-refractivity contribution in [3.63, 3.8) is 0 Å². The van der Waals surface area contributed by atoms with Gasteiger partial charge >= 0.3 is 0 Å². The minimum atomic E-state index is 0.544. The molecule has 0 saturated carbocycles. The number of methoxy groups -OCH3 is 1. The first-order chi connectivity index (χ1) is 12.9. The molecule has 0 aromatic heterocycles. The van der Waals surface area contributed by atoms with Crippen molar-refractivity contribution in [1.82, 2.24) is 0 Å². The van der Waals surface area contributed by atoms with Crippen LogP contribution < -0.4 is 0 Å². The van der Waals surface area contributed by atoms with Crippen molar-refractivity contribution in [2.75, 3.05) is 112 Å². The maximum atomic E-state index is 5.40. The first kappa shape index (κ1) is 26.0. The van der Waals surface area contributed by atoms with Crippen molar-refractivity contribution < 1.29 is 37.9 Å². The van der Waals surface area contributed by atoms with Crippen LogP contribution in [0.5, 0.6) is 0 Å². The van der Waals surface area contributed by atoms with E-state index in [0.29, 0.717) is 99.1 Å². The largest absolute Gasteiger partial charge is 0.382 e. The Morgan fingerprint density at radius 2 is 0.615 bits per heavy atom. The summed E-state index contributed by atoms with van der Waals surface area (Å²) in [6.07, 6.45) is 0. The van der Waals surface area contributed by atoms with Gasteiger partial charge in [0.2, 0.25) is 0 Å². The lowest BCUT2D eigenvalue weighted by molar-refractivity contribution is -0.0217. The Balaban J connectivity index is 2.95. The lowest BCUT2D eigenvalue weighted by Crippen LogP contribution is -2.14. The number of ether oxygens (including phenoxy) is 8. The van der Waals surface area contributed by atoms with Gasteiger partial charge in [0, 0.05) is 12.9 Å². The van der Waals surface area contributed by atoms with E-state index in [0.717, 1.165) is 5.75 Å². The summed E-state index contributed by atoms with van der Waals surface area (Å²) in [5, 5.41) is 0. The molecule has 0 unspecified atom stereocenters. The van der Waals surface area contributed by atoms with Gasteiger partial charge in [0.15, 0.2) is 0 Å². The molecule has 8 nitrogen and oxygen atoms in total. The number of rotatable bonds is 23. The second-order valence-corrected chi connectivity index (χ2v) is 5.45. The van der Waals surface area contributed by atoms with Crippen LogP contribution in [0.4, 0.5) is 0 Å². The molecule has 0 amide bonds. The molecule has 0 N–H and O–H groups in total. The molecule has 0 aliphatic rings. The minimum absolute atomic E-state index is 0.544. The van der Waals surface area contributed by atoms with E-state index >= 15 is 0 Å². The van der Waals surface area contributed by atoms with Crippen LogP contribution in [0.25, 0.3) is 0 Å². The van der Waals surface area contributed by atoms with E-state index < -0.39 is 0 Å². The van der Waals surface area contributed by atoms with Gasteiger partial charge in [-0.15, -0.1) is 0 Å². The van der Waals surface area contributed by atoms with Crippen molar-refractivity contribution in [2.24, 2.45) is 0 Å². The molecular formula is C17H36O8S. The van der Waals surface area contributed by atoms with E-state index in [2.05, 4.69) is 12.6 Å². The van der Waals surface area contributed by atoms with Gasteiger partial charge in [-0.1, -0.05) is 0 Å². The summed E-state index contributed by atoms with van der Waals surface area (Å²) in [5.74, 6) is 0.729. The number of hydrogen-bond donors (Lipinski definition) is 1. The zero-order valence-electron chi connectivity index (χ0n) is 16.0. The summed E-state index contributed by atoms with van der Waals surface area (Å²) in [6, 6.07) is 0. The highest BCUT2D eigenvalue weighted by Gasteiger charge is 1.94. The van der Waals surface area contributed by atoms with Crippen molar-refractivity contribution in [3.05, 3.63) is 0 Å². The fourth-order valence-corrected chi connectivity index (χ4v) is 1.76. The van der Waals surface area contributed by atoms with Gasteiger partial charge in [-0.05, 0) is 0 Å². The normalized spacial score (nSPS) is 11.3. The topological polar surface area (TPSA) is 73.8 Å². The van der Waals surface area contributed by atoms with E-state index in [1.807, 2.05) is 0 Å². The molecule has 0 aliphatic carbocycles. The number of hydrogen-bond acceptors (Lipinski definition) is 9. The van der Waals surface area contributed by atoms with Gasteiger partial charge < -0.3 is 37.9 Å². The second-order valence-electron chi connectivity index (χ2n) is 5.00. The van der Waals surface area contributed by atoms with Gasteiger partial charge in [0.1, 0.15) is 0 Å². The molecule has 9 heteroatoms. The maximum absolute atomic E-state index is 5.40. The molecule has 0 radical (unpaired) electrons. The van der Waals surface area contributed by atoms with Crippen LogP contribution in [0.3, 0.4) is 0 Å².